The highest BCUT2D eigenvalue weighted by Gasteiger charge is 2.18. The number of hydrogen-bond acceptors (Lipinski definition) is 4. The summed E-state index contributed by atoms with van der Waals surface area (Å²) in [5, 5.41) is 10.8. The van der Waals surface area contributed by atoms with Gasteiger partial charge in [0, 0.05) is 18.5 Å². The molecule has 5 nitrogen and oxygen atoms in total. The first-order valence-electron chi connectivity index (χ1n) is 6.66. The second kappa shape index (κ2) is 6.85. The van der Waals surface area contributed by atoms with E-state index in [9.17, 15) is 4.79 Å². The molecule has 2 rings (SSSR count). The number of ether oxygens (including phenoxy) is 1. The van der Waals surface area contributed by atoms with Crippen LogP contribution >= 0.6 is 0 Å². The molecule has 5 heteroatoms. The van der Waals surface area contributed by atoms with Crippen LogP contribution in [0.1, 0.15) is 10.5 Å². The smallest absolute Gasteiger partial charge is 0.272 e. The van der Waals surface area contributed by atoms with Crippen LogP contribution in [0.5, 0.6) is 5.88 Å². The van der Waals surface area contributed by atoms with Crippen molar-refractivity contribution in [2.45, 2.75) is 0 Å². The summed E-state index contributed by atoms with van der Waals surface area (Å²) in [7, 11) is 1.53. The van der Waals surface area contributed by atoms with Crippen LogP contribution in [0.3, 0.4) is 0 Å². The van der Waals surface area contributed by atoms with Gasteiger partial charge in [-0.2, -0.15) is 0 Å². The molecule has 21 heavy (non-hydrogen) atoms. The number of carbonyl (C=O) groups excluding carboxylic acids is 1. The summed E-state index contributed by atoms with van der Waals surface area (Å²) < 4.78 is 5.27. The van der Waals surface area contributed by atoms with Crippen molar-refractivity contribution in [1.29, 1.82) is 0 Å². The maximum Gasteiger partial charge on any atom is 0.272 e. The molecule has 1 N–H and O–H groups in total. The predicted octanol–water partition coefficient (Wildman–Crippen LogP) is 1.86. The van der Waals surface area contributed by atoms with E-state index in [2.05, 4.69) is 11.6 Å². The van der Waals surface area contributed by atoms with Gasteiger partial charge in [0.2, 0.25) is 5.88 Å². The number of rotatable bonds is 6. The van der Waals surface area contributed by atoms with Crippen LogP contribution in [0, 0.1) is 0 Å². The lowest BCUT2D eigenvalue weighted by atomic mass is 10.1. The molecule has 0 aliphatic carbocycles. The molecule has 0 radical (unpaired) electrons. The number of fused-ring (bicyclic) bond motifs is 1. The molecule has 0 saturated carbocycles. The van der Waals surface area contributed by atoms with E-state index in [0.717, 1.165) is 10.8 Å². The highest BCUT2D eigenvalue weighted by molar-refractivity contribution is 5.98. The lowest BCUT2D eigenvalue weighted by Crippen LogP contribution is -2.34. The zero-order valence-electron chi connectivity index (χ0n) is 12.0. The Labute approximate surface area is 123 Å². The molecule has 0 aliphatic heterocycles. The molecule has 1 aromatic carbocycles. The molecule has 1 amide bonds. The predicted molar refractivity (Wildman–Crippen MR) is 81.5 cm³/mol. The van der Waals surface area contributed by atoms with E-state index in [0.29, 0.717) is 18.1 Å². The third-order valence-electron chi connectivity index (χ3n) is 3.12. The van der Waals surface area contributed by atoms with Crippen molar-refractivity contribution >= 4 is 16.7 Å². The Bertz CT molecular complexity index is 655. The Morgan fingerprint density at radius 3 is 2.90 bits per heavy atom. The monoisotopic (exact) mass is 286 g/mol. The Morgan fingerprint density at radius 1 is 1.48 bits per heavy atom. The van der Waals surface area contributed by atoms with E-state index in [-0.39, 0.29) is 19.1 Å². The van der Waals surface area contributed by atoms with E-state index in [1.54, 1.807) is 12.1 Å². The molecule has 1 heterocycles. The number of amides is 1. The molecular formula is C16H18N2O3. The van der Waals surface area contributed by atoms with E-state index < -0.39 is 0 Å². The van der Waals surface area contributed by atoms with E-state index in [4.69, 9.17) is 9.84 Å². The normalized spacial score (nSPS) is 10.4. The van der Waals surface area contributed by atoms with Gasteiger partial charge in [0.1, 0.15) is 5.69 Å². The largest absolute Gasteiger partial charge is 0.481 e. The van der Waals surface area contributed by atoms with Gasteiger partial charge in [-0.25, -0.2) is 4.98 Å². The number of nitrogens with zero attached hydrogens (tertiary/aromatic N) is 2. The minimum absolute atomic E-state index is 0.107. The molecule has 0 atom stereocenters. The topological polar surface area (TPSA) is 62.7 Å². The fourth-order valence-electron chi connectivity index (χ4n) is 2.15. The van der Waals surface area contributed by atoms with Crippen molar-refractivity contribution in [3.63, 3.8) is 0 Å². The number of aliphatic hydroxyl groups is 1. The third-order valence-corrected chi connectivity index (χ3v) is 3.12. The maximum absolute atomic E-state index is 12.5. The van der Waals surface area contributed by atoms with Crippen molar-refractivity contribution in [3.8, 4) is 5.88 Å². The fraction of sp³-hybridized carbons (Fsp3) is 0.250. The van der Waals surface area contributed by atoms with E-state index in [1.807, 2.05) is 24.3 Å². The Morgan fingerprint density at radius 2 is 2.24 bits per heavy atom. The number of aliphatic hydroxyl groups excluding tert-OH is 1. The highest BCUT2D eigenvalue weighted by atomic mass is 16.5. The van der Waals surface area contributed by atoms with E-state index in [1.165, 1.54) is 12.0 Å². The quantitative estimate of drug-likeness (QED) is 0.823. The first-order valence-corrected chi connectivity index (χ1v) is 6.66. The maximum atomic E-state index is 12.5. The van der Waals surface area contributed by atoms with Gasteiger partial charge in [-0.3, -0.25) is 4.79 Å². The van der Waals surface area contributed by atoms with Crippen LogP contribution in [-0.4, -0.2) is 47.7 Å². The Kier molecular flexibility index (Phi) is 4.90. The second-order valence-corrected chi connectivity index (χ2v) is 4.50. The van der Waals surface area contributed by atoms with Gasteiger partial charge in [0.15, 0.2) is 0 Å². The van der Waals surface area contributed by atoms with Gasteiger partial charge in [-0.1, -0.05) is 24.3 Å². The van der Waals surface area contributed by atoms with Crippen LogP contribution in [0.2, 0.25) is 0 Å². The van der Waals surface area contributed by atoms with Crippen molar-refractivity contribution in [2.24, 2.45) is 0 Å². The average molecular weight is 286 g/mol. The first kappa shape index (κ1) is 15.0. The number of hydrogen-bond donors (Lipinski definition) is 1. The van der Waals surface area contributed by atoms with Gasteiger partial charge in [0.05, 0.1) is 13.7 Å². The molecule has 0 unspecified atom stereocenters. The summed E-state index contributed by atoms with van der Waals surface area (Å²) in [4.78, 5) is 18.3. The highest BCUT2D eigenvalue weighted by Crippen LogP contribution is 2.24. The van der Waals surface area contributed by atoms with Gasteiger partial charge >= 0.3 is 0 Å². The molecule has 1 aromatic heterocycles. The summed E-state index contributed by atoms with van der Waals surface area (Å²) in [5.74, 6) is 0.159. The minimum Gasteiger partial charge on any atom is -0.481 e. The van der Waals surface area contributed by atoms with Crippen LogP contribution in [0.15, 0.2) is 43.0 Å². The summed E-state index contributed by atoms with van der Waals surface area (Å²) in [6.45, 7) is 4.11. The van der Waals surface area contributed by atoms with Crippen LogP contribution < -0.4 is 4.74 Å². The van der Waals surface area contributed by atoms with Gasteiger partial charge in [-0.15, -0.1) is 6.58 Å². The molecule has 2 aromatic rings. The number of aromatic nitrogens is 1. The lowest BCUT2D eigenvalue weighted by Gasteiger charge is -2.20. The molecule has 0 bridgehead atoms. The number of methoxy groups -OCH3 is 1. The number of pyridine rings is 1. The SMILES string of the molecule is C=CCN(CCO)C(=O)c1cc2ccccc2c(OC)n1. The molecule has 110 valence electrons. The molecule has 0 fully saturated rings. The summed E-state index contributed by atoms with van der Waals surface area (Å²) in [6.07, 6.45) is 1.62. The van der Waals surface area contributed by atoms with Crippen molar-refractivity contribution in [1.82, 2.24) is 9.88 Å². The van der Waals surface area contributed by atoms with Gasteiger partial charge in [0.25, 0.3) is 5.91 Å². The Hall–Kier alpha value is -2.40. The standard InChI is InChI=1S/C16H18N2O3/c1-3-8-18(9-10-19)16(20)14-11-12-6-4-5-7-13(12)15(17-14)21-2/h3-7,11,19H,1,8-10H2,2H3. The van der Waals surface area contributed by atoms with Crippen LogP contribution in [0.25, 0.3) is 10.8 Å². The van der Waals surface area contributed by atoms with Crippen LogP contribution in [0.4, 0.5) is 0 Å². The lowest BCUT2D eigenvalue weighted by molar-refractivity contribution is 0.0736. The Balaban J connectivity index is 2.45. The molecular weight excluding hydrogens is 268 g/mol. The summed E-state index contributed by atoms with van der Waals surface area (Å²) in [5.41, 5.74) is 0.292. The fourth-order valence-corrected chi connectivity index (χ4v) is 2.15. The second-order valence-electron chi connectivity index (χ2n) is 4.50. The molecule has 0 aliphatic rings. The van der Waals surface area contributed by atoms with Crippen molar-refractivity contribution < 1.29 is 14.6 Å². The third kappa shape index (κ3) is 3.20. The number of benzene rings is 1. The zero-order chi connectivity index (χ0) is 15.2. The van der Waals surface area contributed by atoms with Crippen molar-refractivity contribution in [2.75, 3.05) is 26.8 Å². The molecule has 0 spiro atoms. The average Bonchev–Trinajstić information content (AvgIpc) is 2.52. The minimum atomic E-state index is -0.256. The molecule has 0 saturated heterocycles. The number of carbonyl (C=O) groups is 1. The van der Waals surface area contributed by atoms with Crippen LogP contribution in [-0.2, 0) is 0 Å². The van der Waals surface area contributed by atoms with Gasteiger partial charge in [-0.05, 0) is 17.5 Å². The van der Waals surface area contributed by atoms with E-state index >= 15 is 0 Å². The summed E-state index contributed by atoms with van der Waals surface area (Å²) in [6, 6.07) is 9.31. The van der Waals surface area contributed by atoms with Crippen molar-refractivity contribution in [3.05, 3.63) is 48.7 Å². The summed E-state index contributed by atoms with van der Waals surface area (Å²) >= 11 is 0. The first-order chi connectivity index (χ1) is 10.2. The zero-order valence-corrected chi connectivity index (χ0v) is 12.0. The van der Waals surface area contributed by atoms with Gasteiger partial charge < -0.3 is 14.7 Å².